The van der Waals surface area contributed by atoms with E-state index in [1.165, 1.54) is 83.1 Å². The first kappa shape index (κ1) is 29.7. The van der Waals surface area contributed by atoms with Gasteiger partial charge in [-0.25, -0.2) is 0 Å². The van der Waals surface area contributed by atoms with Crippen LogP contribution >= 0.6 is 0 Å². The molecular weight excluding hydrogens is 591 g/mol. The molecule has 1 nitrogen and oxygen atoms in total. The van der Waals surface area contributed by atoms with E-state index in [0.717, 1.165) is 12.8 Å². The molecule has 0 amide bonds. The van der Waals surface area contributed by atoms with Crippen molar-refractivity contribution in [2.24, 2.45) is 0 Å². The van der Waals surface area contributed by atoms with Crippen molar-refractivity contribution in [3.05, 3.63) is 180 Å². The summed E-state index contributed by atoms with van der Waals surface area (Å²) >= 11 is 0. The van der Waals surface area contributed by atoms with Crippen LogP contribution < -0.4 is 0 Å². The monoisotopic (exact) mass is 631 g/mol. The quantitative estimate of drug-likeness (QED) is 0.178. The van der Waals surface area contributed by atoms with Crippen LogP contribution in [0, 0.1) is 0 Å². The molecule has 1 heteroatoms. The first-order valence-electron chi connectivity index (χ1n) is 17.7. The lowest BCUT2D eigenvalue weighted by molar-refractivity contribution is 0.630. The van der Waals surface area contributed by atoms with Gasteiger partial charge in [0.1, 0.15) is 0 Å². The highest BCUT2D eigenvalue weighted by molar-refractivity contribution is 6.11. The predicted molar refractivity (Wildman–Crippen MR) is 209 cm³/mol. The van der Waals surface area contributed by atoms with Gasteiger partial charge < -0.3 is 4.57 Å². The number of benzene rings is 6. The van der Waals surface area contributed by atoms with Gasteiger partial charge in [0.2, 0.25) is 0 Å². The minimum atomic E-state index is -0.130. The summed E-state index contributed by atoms with van der Waals surface area (Å²) < 4.78 is 2.49. The van der Waals surface area contributed by atoms with Crippen molar-refractivity contribution in [1.82, 2.24) is 4.57 Å². The summed E-state index contributed by atoms with van der Waals surface area (Å²) in [5.74, 6) is 0. The van der Waals surface area contributed by atoms with Gasteiger partial charge in [-0.1, -0.05) is 155 Å². The lowest BCUT2D eigenvalue weighted by Crippen LogP contribution is -2.26. The van der Waals surface area contributed by atoms with E-state index in [1.54, 1.807) is 0 Å². The molecule has 7 aromatic rings. The molecule has 49 heavy (non-hydrogen) atoms. The largest absolute Gasteiger partial charge is 0.309 e. The van der Waals surface area contributed by atoms with Crippen LogP contribution in [0.15, 0.2) is 157 Å². The molecule has 0 bridgehead atoms. The average molecular weight is 632 g/mol. The van der Waals surface area contributed by atoms with Crippen molar-refractivity contribution in [2.75, 3.05) is 0 Å². The molecule has 9 rings (SSSR count). The highest BCUT2D eigenvalue weighted by Crippen LogP contribution is 2.48. The van der Waals surface area contributed by atoms with Crippen molar-refractivity contribution in [2.45, 2.75) is 51.4 Å². The van der Waals surface area contributed by atoms with E-state index in [4.69, 9.17) is 0 Å². The minimum absolute atomic E-state index is 0.109. The van der Waals surface area contributed by atoms with E-state index in [9.17, 15) is 0 Å². The smallest absolute Gasteiger partial charge is 0.0582 e. The predicted octanol–water partition coefficient (Wildman–Crippen LogP) is 12.8. The molecule has 0 spiro atoms. The number of hydrogen-bond acceptors (Lipinski definition) is 0. The number of para-hydroxylation sites is 2. The zero-order valence-corrected chi connectivity index (χ0v) is 28.8. The number of aromatic nitrogens is 1. The summed E-state index contributed by atoms with van der Waals surface area (Å²) in [6.07, 6.45) is 7.05. The first-order chi connectivity index (χ1) is 23.8. The van der Waals surface area contributed by atoms with Crippen LogP contribution in [0.4, 0.5) is 0 Å². The fraction of sp³-hybridized carbons (Fsp3) is 0.167. The molecule has 1 aromatic heterocycles. The van der Waals surface area contributed by atoms with Gasteiger partial charge in [0.25, 0.3) is 0 Å². The Balaban J connectivity index is 1.09. The van der Waals surface area contributed by atoms with E-state index < -0.39 is 0 Å². The SMILES string of the molecule is CC(C)(C1=CCCC(c2ccccc2)=C1)c1cccc(-c2cccc(-c3ccc4c(c3)C(C)(C)c3cccc5c6ccccc6n-4c35)c2)c1. The van der Waals surface area contributed by atoms with Gasteiger partial charge >= 0.3 is 0 Å². The third kappa shape index (κ3) is 4.67. The standard InChI is InChI=1S/C48H41N/c1-47(2,38-20-11-18-35(29-38)32-14-6-5-7-15-32)39-21-12-19-36(30-39)33-16-10-17-34(28-33)37-26-27-45-43(31-37)48(3,4)42-24-13-23-41-40-22-8-9-25-44(40)49(45)46(41)42/h5-10,12-17,19-31H,11,18H2,1-4H3. The molecule has 0 saturated heterocycles. The van der Waals surface area contributed by atoms with Crippen LogP contribution in [-0.2, 0) is 10.8 Å². The topological polar surface area (TPSA) is 4.93 Å². The van der Waals surface area contributed by atoms with Gasteiger partial charge in [-0.2, -0.15) is 0 Å². The number of hydrogen-bond donors (Lipinski definition) is 0. The van der Waals surface area contributed by atoms with Crippen LogP contribution in [0.25, 0.3) is 55.3 Å². The third-order valence-electron chi connectivity index (χ3n) is 11.4. The van der Waals surface area contributed by atoms with Gasteiger partial charge in [0.15, 0.2) is 0 Å². The maximum absolute atomic E-state index is 2.49. The lowest BCUT2D eigenvalue weighted by Gasteiger charge is -2.35. The van der Waals surface area contributed by atoms with Crippen LogP contribution in [0.5, 0.6) is 0 Å². The van der Waals surface area contributed by atoms with Crippen LogP contribution in [0.2, 0.25) is 0 Å². The number of nitrogens with zero attached hydrogens (tertiary/aromatic N) is 1. The molecule has 0 radical (unpaired) electrons. The molecule has 2 heterocycles. The number of allylic oxidation sites excluding steroid dienone is 4. The Bertz CT molecular complexity index is 2480. The van der Waals surface area contributed by atoms with Gasteiger partial charge in [-0.3, -0.25) is 0 Å². The molecule has 0 atom stereocenters. The summed E-state index contributed by atoms with van der Waals surface area (Å²) in [5, 5.41) is 2.65. The Morgan fingerprint density at radius 2 is 1.22 bits per heavy atom. The van der Waals surface area contributed by atoms with Crippen molar-refractivity contribution in [3.63, 3.8) is 0 Å². The second-order valence-electron chi connectivity index (χ2n) is 14.9. The molecule has 0 fully saturated rings. The van der Waals surface area contributed by atoms with E-state index >= 15 is 0 Å². The summed E-state index contributed by atoms with van der Waals surface area (Å²) in [6.45, 7) is 9.50. The molecule has 238 valence electrons. The Morgan fingerprint density at radius 1 is 0.571 bits per heavy atom. The Labute approximate surface area is 289 Å². The number of rotatable bonds is 5. The first-order valence-corrected chi connectivity index (χ1v) is 17.7. The highest BCUT2D eigenvalue weighted by atomic mass is 15.0. The minimum Gasteiger partial charge on any atom is -0.309 e. The molecule has 1 aliphatic carbocycles. The summed E-state index contributed by atoms with van der Waals surface area (Å²) in [4.78, 5) is 0. The molecule has 0 unspecified atom stereocenters. The summed E-state index contributed by atoms with van der Waals surface area (Å²) in [7, 11) is 0. The lowest BCUT2D eigenvalue weighted by atomic mass is 9.73. The second kappa shape index (κ2) is 11.1. The van der Waals surface area contributed by atoms with Crippen LogP contribution in [-0.4, -0.2) is 4.57 Å². The molecular formula is C48H41N. The fourth-order valence-electron chi connectivity index (χ4n) is 8.48. The summed E-state index contributed by atoms with van der Waals surface area (Å²) in [5.41, 5.74) is 16.9. The molecule has 0 N–H and O–H groups in total. The highest BCUT2D eigenvalue weighted by Gasteiger charge is 2.35. The van der Waals surface area contributed by atoms with Crippen molar-refractivity contribution < 1.29 is 0 Å². The van der Waals surface area contributed by atoms with Gasteiger partial charge in [-0.15, -0.1) is 0 Å². The zero-order chi connectivity index (χ0) is 33.3. The van der Waals surface area contributed by atoms with E-state index in [0.29, 0.717) is 0 Å². The number of fused-ring (bicyclic) bond motifs is 5. The van der Waals surface area contributed by atoms with Gasteiger partial charge in [0.05, 0.1) is 16.7 Å². The summed E-state index contributed by atoms with van der Waals surface area (Å²) in [6, 6.07) is 51.9. The fourth-order valence-corrected chi connectivity index (χ4v) is 8.48. The molecule has 1 aliphatic heterocycles. The van der Waals surface area contributed by atoms with E-state index in [1.807, 2.05) is 0 Å². The van der Waals surface area contributed by atoms with E-state index in [2.05, 4.69) is 184 Å². The average Bonchev–Trinajstić information content (AvgIpc) is 3.49. The van der Waals surface area contributed by atoms with Gasteiger partial charge in [-0.05, 0) is 92.8 Å². The Morgan fingerprint density at radius 3 is 2.04 bits per heavy atom. The van der Waals surface area contributed by atoms with Crippen molar-refractivity contribution in [1.29, 1.82) is 0 Å². The van der Waals surface area contributed by atoms with E-state index in [-0.39, 0.29) is 10.8 Å². The molecule has 2 aliphatic rings. The van der Waals surface area contributed by atoms with Crippen molar-refractivity contribution in [3.8, 4) is 27.9 Å². The molecule has 0 saturated carbocycles. The third-order valence-corrected chi connectivity index (χ3v) is 11.4. The maximum Gasteiger partial charge on any atom is 0.0582 e. The van der Waals surface area contributed by atoms with Crippen LogP contribution in [0.3, 0.4) is 0 Å². The van der Waals surface area contributed by atoms with Crippen molar-refractivity contribution >= 4 is 27.4 Å². The maximum atomic E-state index is 2.49. The zero-order valence-electron chi connectivity index (χ0n) is 28.8. The van der Waals surface area contributed by atoms with Gasteiger partial charge in [0, 0.05) is 21.6 Å². The second-order valence-corrected chi connectivity index (χ2v) is 14.9. The normalized spacial score (nSPS) is 15.2. The Kier molecular flexibility index (Phi) is 6.71. The Hall–Kier alpha value is -5.40. The molecule has 6 aromatic carbocycles. The van der Waals surface area contributed by atoms with Crippen LogP contribution in [0.1, 0.15) is 62.8 Å².